The number of aryl methyl sites for hydroxylation is 1. The molecule has 0 saturated heterocycles. The van der Waals surface area contributed by atoms with Gasteiger partial charge in [0.25, 0.3) is 0 Å². The topological polar surface area (TPSA) is 66.8 Å². The number of hydrogen-bond acceptors (Lipinski definition) is 3. The Morgan fingerprint density at radius 3 is 2.32 bits per heavy atom. The number of halogens is 1. The van der Waals surface area contributed by atoms with Crippen LogP contribution in [-0.4, -0.2) is 16.2 Å². The van der Waals surface area contributed by atoms with Crippen LogP contribution in [0.2, 0.25) is 0 Å². The highest BCUT2D eigenvalue weighted by Gasteiger charge is 2.07. The van der Waals surface area contributed by atoms with Gasteiger partial charge in [0.05, 0.1) is 9.13 Å². The second kappa shape index (κ2) is 5.48. The molecule has 98 valence electrons. The van der Waals surface area contributed by atoms with Crippen molar-refractivity contribution in [1.82, 2.24) is 0 Å². The minimum atomic E-state index is -0.971. The predicted molar refractivity (Wildman–Crippen MR) is 79.0 cm³/mol. The van der Waals surface area contributed by atoms with Crippen molar-refractivity contribution in [3.63, 3.8) is 0 Å². The van der Waals surface area contributed by atoms with E-state index in [1.54, 1.807) is 31.2 Å². The number of aromatic hydroxyl groups is 1. The summed E-state index contributed by atoms with van der Waals surface area (Å²) in [6.07, 6.45) is 0. The number of carbonyl (C=O) groups is 1. The minimum Gasteiger partial charge on any atom is -0.507 e. The van der Waals surface area contributed by atoms with Crippen LogP contribution in [0.15, 0.2) is 36.4 Å². The number of aromatic carboxylic acids is 1. The molecule has 5 heteroatoms. The molecule has 0 aromatic heterocycles. The largest absolute Gasteiger partial charge is 0.507 e. The van der Waals surface area contributed by atoms with Crippen molar-refractivity contribution in [3.05, 3.63) is 51.1 Å². The molecular formula is C14H11IO4. The van der Waals surface area contributed by atoms with Crippen LogP contribution in [0.3, 0.4) is 0 Å². The number of benzene rings is 2. The zero-order valence-electron chi connectivity index (χ0n) is 10.1. The normalized spacial score (nSPS) is 10.2. The summed E-state index contributed by atoms with van der Waals surface area (Å²) in [4.78, 5) is 10.7. The number of phenolic OH excluding ortho intramolecular Hbond substituents is 1. The van der Waals surface area contributed by atoms with E-state index in [2.05, 4.69) is 0 Å². The Balaban J connectivity index is 2.24. The summed E-state index contributed by atoms with van der Waals surface area (Å²) in [6.45, 7) is 1.79. The van der Waals surface area contributed by atoms with Crippen LogP contribution in [0.1, 0.15) is 15.9 Å². The standard InChI is InChI=1S/C14H11IO4/c1-8-6-11(7-12(15)13(8)16)19-10-4-2-9(3-5-10)14(17)18/h2-7,16H,1H3,(H,17,18). The fraction of sp³-hybridized carbons (Fsp3) is 0.0714. The molecule has 0 atom stereocenters. The van der Waals surface area contributed by atoms with Crippen molar-refractivity contribution >= 4 is 28.6 Å². The Hall–Kier alpha value is -1.76. The first kappa shape index (κ1) is 13.7. The fourth-order valence-electron chi connectivity index (χ4n) is 1.57. The van der Waals surface area contributed by atoms with E-state index in [1.807, 2.05) is 22.6 Å². The summed E-state index contributed by atoms with van der Waals surface area (Å²) in [7, 11) is 0. The van der Waals surface area contributed by atoms with Gasteiger partial charge in [-0.25, -0.2) is 4.79 Å². The van der Waals surface area contributed by atoms with E-state index in [9.17, 15) is 9.90 Å². The highest BCUT2D eigenvalue weighted by molar-refractivity contribution is 14.1. The van der Waals surface area contributed by atoms with Gasteiger partial charge in [-0.1, -0.05) is 0 Å². The molecule has 2 aromatic rings. The molecule has 0 saturated carbocycles. The van der Waals surface area contributed by atoms with Gasteiger partial charge in [-0.15, -0.1) is 0 Å². The van der Waals surface area contributed by atoms with E-state index < -0.39 is 5.97 Å². The van der Waals surface area contributed by atoms with Crippen molar-refractivity contribution < 1.29 is 19.7 Å². The average molecular weight is 370 g/mol. The van der Waals surface area contributed by atoms with Crippen molar-refractivity contribution in [2.24, 2.45) is 0 Å². The Bertz CT molecular complexity index is 597. The molecule has 0 fully saturated rings. The molecule has 0 heterocycles. The smallest absolute Gasteiger partial charge is 0.335 e. The van der Waals surface area contributed by atoms with Crippen LogP contribution in [-0.2, 0) is 0 Å². The molecule has 19 heavy (non-hydrogen) atoms. The number of ether oxygens (including phenoxy) is 1. The highest BCUT2D eigenvalue weighted by atomic mass is 127. The number of phenols is 1. The van der Waals surface area contributed by atoms with E-state index in [0.29, 0.717) is 15.1 Å². The van der Waals surface area contributed by atoms with Gasteiger partial charge in [0.15, 0.2) is 0 Å². The molecule has 2 rings (SSSR count). The van der Waals surface area contributed by atoms with E-state index in [-0.39, 0.29) is 11.3 Å². The van der Waals surface area contributed by atoms with Crippen molar-refractivity contribution in [2.45, 2.75) is 6.92 Å². The number of rotatable bonds is 3. The van der Waals surface area contributed by atoms with Crippen LogP contribution in [0, 0.1) is 10.5 Å². The average Bonchev–Trinajstić information content (AvgIpc) is 2.36. The van der Waals surface area contributed by atoms with Crippen molar-refractivity contribution in [2.75, 3.05) is 0 Å². The van der Waals surface area contributed by atoms with Gasteiger partial charge in [-0.2, -0.15) is 0 Å². The maximum atomic E-state index is 10.7. The first-order valence-corrected chi connectivity index (χ1v) is 6.55. The second-order valence-corrected chi connectivity index (χ2v) is 5.16. The SMILES string of the molecule is Cc1cc(Oc2ccc(C(=O)O)cc2)cc(I)c1O. The molecule has 0 bridgehead atoms. The van der Waals surface area contributed by atoms with Gasteiger partial charge in [-0.05, 0) is 71.5 Å². The van der Waals surface area contributed by atoms with Crippen LogP contribution in [0.25, 0.3) is 0 Å². The third-order valence-electron chi connectivity index (χ3n) is 2.56. The number of carboxylic acids is 1. The van der Waals surface area contributed by atoms with Crippen molar-refractivity contribution in [3.8, 4) is 17.2 Å². The molecule has 0 aliphatic heterocycles. The summed E-state index contributed by atoms with van der Waals surface area (Å²) >= 11 is 2.02. The molecule has 2 aromatic carbocycles. The Morgan fingerprint density at radius 1 is 1.16 bits per heavy atom. The number of hydrogen-bond donors (Lipinski definition) is 2. The Labute approximate surface area is 123 Å². The molecule has 0 spiro atoms. The summed E-state index contributed by atoms with van der Waals surface area (Å²) < 4.78 is 6.32. The molecule has 0 aliphatic carbocycles. The van der Waals surface area contributed by atoms with Gasteiger partial charge in [0.1, 0.15) is 17.2 Å². The lowest BCUT2D eigenvalue weighted by Gasteiger charge is -2.09. The predicted octanol–water partition coefficient (Wildman–Crippen LogP) is 3.80. The van der Waals surface area contributed by atoms with E-state index >= 15 is 0 Å². The zero-order valence-corrected chi connectivity index (χ0v) is 12.2. The maximum absolute atomic E-state index is 10.7. The fourth-order valence-corrected chi connectivity index (χ4v) is 2.30. The monoisotopic (exact) mass is 370 g/mol. The molecule has 0 aliphatic rings. The van der Waals surface area contributed by atoms with Gasteiger partial charge < -0.3 is 14.9 Å². The summed E-state index contributed by atoms with van der Waals surface area (Å²) in [5.41, 5.74) is 0.938. The zero-order chi connectivity index (χ0) is 14.0. The lowest BCUT2D eigenvalue weighted by molar-refractivity contribution is 0.0697. The van der Waals surface area contributed by atoms with E-state index in [1.165, 1.54) is 12.1 Å². The summed E-state index contributed by atoms with van der Waals surface area (Å²) in [5.74, 6) is 0.421. The van der Waals surface area contributed by atoms with Crippen LogP contribution in [0.5, 0.6) is 17.2 Å². The van der Waals surface area contributed by atoms with Gasteiger partial charge in [-0.3, -0.25) is 0 Å². The summed E-state index contributed by atoms with van der Waals surface area (Å²) in [6, 6.07) is 9.60. The molecule has 0 unspecified atom stereocenters. The van der Waals surface area contributed by atoms with E-state index in [0.717, 1.165) is 5.56 Å². The Kier molecular flexibility index (Phi) is 3.94. The Morgan fingerprint density at radius 2 is 1.79 bits per heavy atom. The third kappa shape index (κ3) is 3.17. The number of carboxylic acid groups (broad SMARTS) is 1. The molecule has 2 N–H and O–H groups in total. The first-order chi connectivity index (χ1) is 8.97. The third-order valence-corrected chi connectivity index (χ3v) is 3.39. The molecule has 0 amide bonds. The van der Waals surface area contributed by atoms with E-state index in [4.69, 9.17) is 9.84 Å². The van der Waals surface area contributed by atoms with Crippen molar-refractivity contribution in [1.29, 1.82) is 0 Å². The van der Waals surface area contributed by atoms with Crippen LogP contribution in [0.4, 0.5) is 0 Å². The van der Waals surface area contributed by atoms with Gasteiger partial charge in [0.2, 0.25) is 0 Å². The quantitative estimate of drug-likeness (QED) is 0.807. The lowest BCUT2D eigenvalue weighted by atomic mass is 10.2. The summed E-state index contributed by atoms with van der Waals surface area (Å²) in [5, 5.41) is 18.5. The van der Waals surface area contributed by atoms with Gasteiger partial charge in [0, 0.05) is 0 Å². The molecule has 4 nitrogen and oxygen atoms in total. The van der Waals surface area contributed by atoms with Crippen LogP contribution < -0.4 is 4.74 Å². The highest BCUT2D eigenvalue weighted by Crippen LogP contribution is 2.31. The molecule has 0 radical (unpaired) electrons. The second-order valence-electron chi connectivity index (χ2n) is 4.00. The minimum absolute atomic E-state index is 0.212. The molecular weight excluding hydrogens is 359 g/mol. The maximum Gasteiger partial charge on any atom is 0.335 e. The lowest BCUT2D eigenvalue weighted by Crippen LogP contribution is -1.95. The first-order valence-electron chi connectivity index (χ1n) is 5.47. The van der Waals surface area contributed by atoms with Gasteiger partial charge >= 0.3 is 5.97 Å². The van der Waals surface area contributed by atoms with Crippen LogP contribution >= 0.6 is 22.6 Å².